The fraction of sp³-hybridized carbons (Fsp3) is 0.500. The van der Waals surface area contributed by atoms with E-state index in [4.69, 9.17) is 10.6 Å². The maximum absolute atomic E-state index is 13.8. The first kappa shape index (κ1) is 17.6. The minimum Gasteiger partial charge on any atom is -0.497 e. The number of rotatable bonds is 8. The molecule has 4 nitrogen and oxygen atoms in total. The van der Waals surface area contributed by atoms with E-state index in [1.807, 2.05) is 0 Å². The average molecular weight is 314 g/mol. The van der Waals surface area contributed by atoms with E-state index in [0.717, 1.165) is 6.07 Å². The van der Waals surface area contributed by atoms with Crippen LogP contribution in [0.25, 0.3) is 0 Å². The fourth-order valence-corrected chi connectivity index (χ4v) is 1.52. The summed E-state index contributed by atoms with van der Waals surface area (Å²) in [5.41, 5.74) is 2.21. The summed E-state index contributed by atoms with van der Waals surface area (Å²) < 4.78 is 72.3. The maximum atomic E-state index is 13.8. The van der Waals surface area contributed by atoms with Crippen LogP contribution in [0.5, 0.6) is 5.75 Å². The molecule has 120 valence electrons. The third-order valence-corrected chi connectivity index (χ3v) is 2.68. The molecule has 21 heavy (non-hydrogen) atoms. The van der Waals surface area contributed by atoms with Crippen LogP contribution in [-0.2, 0) is 4.74 Å². The molecule has 0 heterocycles. The Morgan fingerprint density at radius 1 is 1.33 bits per heavy atom. The minimum absolute atomic E-state index is 0.0404. The molecule has 0 aliphatic rings. The van der Waals surface area contributed by atoms with Gasteiger partial charge in [0.1, 0.15) is 18.2 Å². The molecule has 9 heteroatoms. The molecule has 0 spiro atoms. The molecule has 3 N–H and O–H groups in total. The summed E-state index contributed by atoms with van der Waals surface area (Å²) in [6, 6.07) is 2.88. The minimum atomic E-state index is -4.27. The van der Waals surface area contributed by atoms with Crippen LogP contribution in [-0.4, -0.2) is 32.7 Å². The molecular formula is C12H15F5N2O2. The lowest BCUT2D eigenvalue weighted by Gasteiger charge is -2.20. The van der Waals surface area contributed by atoms with Gasteiger partial charge in [0, 0.05) is 11.6 Å². The standard InChI is InChI=1S/C12H15F5N2O2/c1-20-7-2-3-8(9(13)4-7)10(19-18)5-21-6-12(16,17)11(14)15/h2-4,10-11,19H,5-6,18H2,1H3. The van der Waals surface area contributed by atoms with Crippen molar-refractivity contribution in [1.82, 2.24) is 5.43 Å². The van der Waals surface area contributed by atoms with Gasteiger partial charge in [0.05, 0.1) is 19.8 Å². The molecule has 0 saturated heterocycles. The highest BCUT2D eigenvalue weighted by atomic mass is 19.3. The van der Waals surface area contributed by atoms with Crippen molar-refractivity contribution >= 4 is 0 Å². The Kier molecular flexibility index (Phi) is 6.31. The highest BCUT2D eigenvalue weighted by molar-refractivity contribution is 5.30. The summed E-state index contributed by atoms with van der Waals surface area (Å²) in [5, 5.41) is 0. The summed E-state index contributed by atoms with van der Waals surface area (Å²) in [4.78, 5) is 0. The van der Waals surface area contributed by atoms with Crippen molar-refractivity contribution in [1.29, 1.82) is 0 Å². The molecular weight excluding hydrogens is 299 g/mol. The van der Waals surface area contributed by atoms with Gasteiger partial charge in [-0.3, -0.25) is 11.3 Å². The van der Waals surface area contributed by atoms with E-state index in [9.17, 15) is 22.0 Å². The van der Waals surface area contributed by atoms with Crippen molar-refractivity contribution in [3.05, 3.63) is 29.6 Å². The van der Waals surface area contributed by atoms with Crippen LogP contribution in [0.15, 0.2) is 18.2 Å². The third-order valence-electron chi connectivity index (χ3n) is 2.68. The molecule has 1 aromatic carbocycles. The van der Waals surface area contributed by atoms with Gasteiger partial charge in [0.2, 0.25) is 0 Å². The number of methoxy groups -OCH3 is 1. The van der Waals surface area contributed by atoms with Gasteiger partial charge in [-0.2, -0.15) is 8.78 Å². The SMILES string of the molecule is COc1ccc(C(COCC(F)(F)C(F)F)NN)c(F)c1. The number of hydrazine groups is 1. The number of nitrogens with two attached hydrogens (primary N) is 1. The summed E-state index contributed by atoms with van der Waals surface area (Å²) in [7, 11) is 1.35. The van der Waals surface area contributed by atoms with Gasteiger partial charge in [-0.15, -0.1) is 0 Å². The van der Waals surface area contributed by atoms with Crippen molar-refractivity contribution in [2.45, 2.75) is 18.4 Å². The molecule has 0 saturated carbocycles. The van der Waals surface area contributed by atoms with Gasteiger partial charge in [-0.25, -0.2) is 13.2 Å². The van der Waals surface area contributed by atoms with Crippen molar-refractivity contribution in [2.24, 2.45) is 5.84 Å². The topological polar surface area (TPSA) is 56.5 Å². The second-order valence-corrected chi connectivity index (χ2v) is 4.18. The summed E-state index contributed by atoms with van der Waals surface area (Å²) >= 11 is 0. The van der Waals surface area contributed by atoms with Gasteiger partial charge >= 0.3 is 12.3 Å². The predicted molar refractivity (Wildman–Crippen MR) is 64.8 cm³/mol. The molecule has 0 radical (unpaired) electrons. The van der Waals surface area contributed by atoms with Crippen LogP contribution in [0.4, 0.5) is 22.0 Å². The Morgan fingerprint density at radius 2 is 2.00 bits per heavy atom. The van der Waals surface area contributed by atoms with Crippen LogP contribution in [0.2, 0.25) is 0 Å². The van der Waals surface area contributed by atoms with Crippen LogP contribution >= 0.6 is 0 Å². The van der Waals surface area contributed by atoms with E-state index in [1.54, 1.807) is 0 Å². The molecule has 0 fully saturated rings. The van der Waals surface area contributed by atoms with Crippen molar-refractivity contribution < 1.29 is 31.4 Å². The molecule has 1 atom stereocenters. The van der Waals surface area contributed by atoms with E-state index in [-0.39, 0.29) is 11.3 Å². The van der Waals surface area contributed by atoms with Crippen molar-refractivity contribution in [2.75, 3.05) is 20.3 Å². The molecule has 0 aromatic heterocycles. The van der Waals surface area contributed by atoms with Gasteiger partial charge < -0.3 is 9.47 Å². The van der Waals surface area contributed by atoms with E-state index >= 15 is 0 Å². The normalized spacial score (nSPS) is 13.5. The molecule has 1 aromatic rings. The first-order chi connectivity index (χ1) is 9.81. The Balaban J connectivity index is 2.67. The smallest absolute Gasteiger partial charge is 0.330 e. The largest absolute Gasteiger partial charge is 0.497 e. The zero-order chi connectivity index (χ0) is 16.0. The highest BCUT2D eigenvalue weighted by Crippen LogP contribution is 2.25. The maximum Gasteiger partial charge on any atom is 0.330 e. The van der Waals surface area contributed by atoms with E-state index in [1.165, 1.54) is 19.2 Å². The molecule has 0 amide bonds. The van der Waals surface area contributed by atoms with E-state index in [0.29, 0.717) is 0 Å². The number of nitrogens with one attached hydrogen (secondary N) is 1. The Bertz CT molecular complexity index is 459. The van der Waals surface area contributed by atoms with Crippen LogP contribution in [0.3, 0.4) is 0 Å². The quantitative estimate of drug-likeness (QED) is 0.439. The monoisotopic (exact) mass is 314 g/mol. The van der Waals surface area contributed by atoms with E-state index in [2.05, 4.69) is 10.2 Å². The lowest BCUT2D eigenvalue weighted by molar-refractivity contribution is -0.167. The zero-order valence-electron chi connectivity index (χ0n) is 11.1. The molecule has 0 aliphatic heterocycles. The molecule has 1 unspecified atom stereocenters. The Hall–Kier alpha value is -1.45. The molecule has 1 rings (SSSR count). The number of halogens is 5. The van der Waals surface area contributed by atoms with Crippen LogP contribution < -0.4 is 16.0 Å². The Labute approximate surface area is 118 Å². The van der Waals surface area contributed by atoms with Crippen molar-refractivity contribution in [3.8, 4) is 5.75 Å². The number of hydrogen-bond acceptors (Lipinski definition) is 4. The van der Waals surface area contributed by atoms with Gasteiger partial charge in [-0.1, -0.05) is 6.07 Å². The first-order valence-electron chi connectivity index (χ1n) is 5.85. The predicted octanol–water partition coefficient (Wildman–Crippen LogP) is 2.26. The molecule has 0 bridgehead atoms. The number of ether oxygens (including phenoxy) is 2. The van der Waals surface area contributed by atoms with Gasteiger partial charge in [-0.05, 0) is 6.07 Å². The summed E-state index contributed by atoms with van der Waals surface area (Å²) in [6.07, 6.45) is -3.83. The highest BCUT2D eigenvalue weighted by Gasteiger charge is 2.41. The van der Waals surface area contributed by atoms with E-state index < -0.39 is 37.4 Å². The third kappa shape index (κ3) is 4.80. The van der Waals surface area contributed by atoms with Gasteiger partial charge in [0.25, 0.3) is 0 Å². The first-order valence-corrected chi connectivity index (χ1v) is 5.85. The lowest BCUT2D eigenvalue weighted by atomic mass is 10.1. The number of hydrogen-bond donors (Lipinski definition) is 2. The van der Waals surface area contributed by atoms with Crippen molar-refractivity contribution in [3.63, 3.8) is 0 Å². The Morgan fingerprint density at radius 3 is 2.48 bits per heavy atom. The number of alkyl halides is 4. The second kappa shape index (κ2) is 7.53. The zero-order valence-corrected chi connectivity index (χ0v) is 11.1. The lowest BCUT2D eigenvalue weighted by Crippen LogP contribution is -2.36. The summed E-state index contributed by atoms with van der Waals surface area (Å²) in [5.74, 6) is 0.492. The van der Waals surface area contributed by atoms with Crippen LogP contribution in [0.1, 0.15) is 11.6 Å². The van der Waals surface area contributed by atoms with Gasteiger partial charge in [0.15, 0.2) is 0 Å². The second-order valence-electron chi connectivity index (χ2n) is 4.18. The average Bonchev–Trinajstić information content (AvgIpc) is 2.43. The molecule has 0 aliphatic carbocycles. The summed E-state index contributed by atoms with van der Waals surface area (Å²) in [6.45, 7) is -1.98. The number of benzene rings is 1. The fourth-order valence-electron chi connectivity index (χ4n) is 1.52. The van der Waals surface area contributed by atoms with Crippen LogP contribution in [0, 0.1) is 5.82 Å².